The molecular weight excluding hydrogens is 316 g/mol. The number of imidazole rings is 1. The Morgan fingerprint density at radius 2 is 2.19 bits per heavy atom. The van der Waals surface area contributed by atoms with Crippen LogP contribution in [0.1, 0.15) is 23.8 Å². The Balaban J connectivity index is 2.27. The van der Waals surface area contributed by atoms with Crippen molar-refractivity contribution >= 4 is 34.0 Å². The molecule has 0 aliphatic carbocycles. The maximum absolute atomic E-state index is 14.2. The lowest BCUT2D eigenvalue weighted by Gasteiger charge is -2.15. The predicted molar refractivity (Wildman–Crippen MR) is 80.0 cm³/mol. The van der Waals surface area contributed by atoms with E-state index in [1.54, 1.807) is 10.8 Å². The Labute approximate surface area is 129 Å². The van der Waals surface area contributed by atoms with E-state index in [9.17, 15) is 8.78 Å². The summed E-state index contributed by atoms with van der Waals surface area (Å²) in [5, 5.41) is 2.66. The molecular formula is C14H12ClF2N3S. The van der Waals surface area contributed by atoms with Crippen LogP contribution in [0.2, 0.25) is 0 Å². The number of fused-ring (bicyclic) bond motifs is 1. The molecule has 2 heterocycles. The smallest absolute Gasteiger partial charge is 0.184 e. The number of rotatable bonds is 4. The number of hydrogen-bond acceptors (Lipinski definition) is 3. The zero-order valence-corrected chi connectivity index (χ0v) is 12.8. The third kappa shape index (κ3) is 2.42. The summed E-state index contributed by atoms with van der Waals surface area (Å²) in [6.07, 6.45) is 2.17. The van der Waals surface area contributed by atoms with Crippen LogP contribution < -0.4 is 0 Å². The Morgan fingerprint density at radius 1 is 1.38 bits per heavy atom. The van der Waals surface area contributed by atoms with E-state index in [1.807, 2.05) is 12.3 Å². The molecule has 0 saturated heterocycles. The molecule has 0 amide bonds. The number of hydrogen-bond donors (Lipinski definition) is 0. The van der Waals surface area contributed by atoms with E-state index in [4.69, 9.17) is 11.6 Å². The van der Waals surface area contributed by atoms with Gasteiger partial charge in [-0.05, 0) is 19.1 Å². The molecule has 2 aromatic heterocycles. The van der Waals surface area contributed by atoms with Crippen molar-refractivity contribution in [1.29, 1.82) is 0 Å². The zero-order valence-electron chi connectivity index (χ0n) is 11.2. The number of benzene rings is 1. The normalized spacial score (nSPS) is 13.0. The monoisotopic (exact) mass is 327 g/mol. The summed E-state index contributed by atoms with van der Waals surface area (Å²) >= 11 is 7.27. The SMILES string of the molecule is CC(c1nccs1)n1c(CCCl)nc2ccc(F)c(F)c21. The largest absolute Gasteiger partial charge is 0.316 e. The number of nitrogens with zero attached hydrogens (tertiary/aromatic N) is 3. The highest BCUT2D eigenvalue weighted by atomic mass is 35.5. The van der Waals surface area contributed by atoms with Crippen molar-refractivity contribution in [1.82, 2.24) is 14.5 Å². The average Bonchev–Trinajstić information content (AvgIpc) is 3.10. The van der Waals surface area contributed by atoms with Gasteiger partial charge in [0, 0.05) is 23.9 Å². The third-order valence-electron chi connectivity index (χ3n) is 3.33. The highest BCUT2D eigenvalue weighted by Crippen LogP contribution is 2.30. The maximum atomic E-state index is 14.2. The molecule has 110 valence electrons. The molecule has 0 saturated carbocycles. The van der Waals surface area contributed by atoms with Crippen molar-refractivity contribution in [3.8, 4) is 0 Å². The van der Waals surface area contributed by atoms with Gasteiger partial charge in [-0.3, -0.25) is 0 Å². The molecule has 0 fully saturated rings. The molecule has 1 aromatic carbocycles. The molecule has 0 bridgehead atoms. The van der Waals surface area contributed by atoms with Gasteiger partial charge in [0.05, 0.1) is 11.6 Å². The van der Waals surface area contributed by atoms with Crippen LogP contribution in [0.5, 0.6) is 0 Å². The molecule has 3 aromatic rings. The molecule has 3 rings (SSSR count). The number of aryl methyl sites for hydroxylation is 1. The second-order valence-electron chi connectivity index (χ2n) is 4.61. The van der Waals surface area contributed by atoms with Gasteiger partial charge < -0.3 is 4.57 Å². The molecule has 7 heteroatoms. The van der Waals surface area contributed by atoms with Gasteiger partial charge in [-0.1, -0.05) is 0 Å². The summed E-state index contributed by atoms with van der Waals surface area (Å²) in [7, 11) is 0. The minimum Gasteiger partial charge on any atom is -0.316 e. The highest BCUT2D eigenvalue weighted by molar-refractivity contribution is 7.09. The lowest BCUT2D eigenvalue weighted by molar-refractivity contribution is 0.507. The van der Waals surface area contributed by atoms with Gasteiger partial charge in [-0.25, -0.2) is 18.7 Å². The molecule has 0 aliphatic rings. The van der Waals surface area contributed by atoms with Crippen molar-refractivity contribution in [2.24, 2.45) is 0 Å². The number of halogens is 3. The Bertz CT molecular complexity index is 770. The Hall–Kier alpha value is -1.53. The second-order valence-corrected chi connectivity index (χ2v) is 5.92. The summed E-state index contributed by atoms with van der Waals surface area (Å²) in [6.45, 7) is 1.89. The van der Waals surface area contributed by atoms with Crippen LogP contribution >= 0.6 is 22.9 Å². The second kappa shape index (κ2) is 5.69. The van der Waals surface area contributed by atoms with E-state index >= 15 is 0 Å². The fraction of sp³-hybridized carbons (Fsp3) is 0.286. The minimum absolute atomic E-state index is 0.165. The summed E-state index contributed by atoms with van der Waals surface area (Å²) < 4.78 is 29.5. The molecule has 3 nitrogen and oxygen atoms in total. The first-order valence-electron chi connectivity index (χ1n) is 6.43. The molecule has 1 atom stereocenters. The summed E-state index contributed by atoms with van der Waals surface area (Å²) in [5.74, 6) is -0.776. The van der Waals surface area contributed by atoms with Gasteiger partial charge in [-0.2, -0.15) is 0 Å². The van der Waals surface area contributed by atoms with Crippen molar-refractivity contribution in [2.75, 3.05) is 5.88 Å². The summed E-state index contributed by atoms with van der Waals surface area (Å²) in [4.78, 5) is 8.64. The standard InChI is InChI=1S/C14H12ClF2N3S/c1-8(14-18-6-7-21-14)20-11(4-5-15)19-10-3-2-9(16)12(17)13(10)20/h2-3,6-8H,4-5H2,1H3. The van der Waals surface area contributed by atoms with Crippen molar-refractivity contribution in [2.45, 2.75) is 19.4 Å². The van der Waals surface area contributed by atoms with Gasteiger partial charge in [-0.15, -0.1) is 22.9 Å². The van der Waals surface area contributed by atoms with Gasteiger partial charge in [0.15, 0.2) is 11.6 Å². The Kier molecular flexibility index (Phi) is 3.91. The fourth-order valence-corrected chi connectivity index (χ4v) is 3.25. The van der Waals surface area contributed by atoms with Gasteiger partial charge in [0.2, 0.25) is 0 Å². The minimum atomic E-state index is -0.885. The molecule has 0 radical (unpaired) electrons. The third-order valence-corrected chi connectivity index (χ3v) is 4.47. The quantitative estimate of drug-likeness (QED) is 0.674. The van der Waals surface area contributed by atoms with Crippen LogP contribution in [0.3, 0.4) is 0 Å². The van der Waals surface area contributed by atoms with E-state index in [0.29, 0.717) is 23.6 Å². The Morgan fingerprint density at radius 3 is 2.86 bits per heavy atom. The zero-order chi connectivity index (χ0) is 15.0. The average molecular weight is 328 g/mol. The van der Waals surface area contributed by atoms with Crippen LogP contribution in [0.25, 0.3) is 11.0 Å². The van der Waals surface area contributed by atoms with E-state index in [-0.39, 0.29) is 11.6 Å². The molecule has 0 N–H and O–H groups in total. The van der Waals surface area contributed by atoms with Crippen molar-refractivity contribution < 1.29 is 8.78 Å². The van der Waals surface area contributed by atoms with Gasteiger partial charge >= 0.3 is 0 Å². The number of alkyl halides is 1. The van der Waals surface area contributed by atoms with E-state index in [1.165, 1.54) is 17.4 Å². The first-order chi connectivity index (χ1) is 10.1. The van der Waals surface area contributed by atoms with Crippen LogP contribution in [0.15, 0.2) is 23.7 Å². The maximum Gasteiger partial charge on any atom is 0.184 e. The molecule has 21 heavy (non-hydrogen) atoms. The predicted octanol–water partition coefficient (Wildman–Crippen LogP) is 4.16. The van der Waals surface area contributed by atoms with Gasteiger partial charge in [0.25, 0.3) is 0 Å². The number of thiazole rings is 1. The van der Waals surface area contributed by atoms with Crippen molar-refractivity contribution in [3.05, 3.63) is 46.2 Å². The molecule has 0 spiro atoms. The van der Waals surface area contributed by atoms with Crippen LogP contribution in [0.4, 0.5) is 8.78 Å². The van der Waals surface area contributed by atoms with E-state index in [0.717, 1.165) is 11.1 Å². The van der Waals surface area contributed by atoms with Crippen LogP contribution in [0, 0.1) is 11.6 Å². The summed E-state index contributed by atoms with van der Waals surface area (Å²) in [6, 6.07) is 2.34. The van der Waals surface area contributed by atoms with Crippen LogP contribution in [-0.2, 0) is 6.42 Å². The fourth-order valence-electron chi connectivity index (χ4n) is 2.40. The van der Waals surface area contributed by atoms with Crippen LogP contribution in [-0.4, -0.2) is 20.4 Å². The topological polar surface area (TPSA) is 30.7 Å². The van der Waals surface area contributed by atoms with Gasteiger partial charge in [0.1, 0.15) is 16.3 Å². The highest BCUT2D eigenvalue weighted by Gasteiger charge is 2.22. The lowest BCUT2D eigenvalue weighted by Crippen LogP contribution is -2.12. The van der Waals surface area contributed by atoms with E-state index in [2.05, 4.69) is 9.97 Å². The summed E-state index contributed by atoms with van der Waals surface area (Å²) in [5.41, 5.74) is 0.593. The molecule has 1 unspecified atom stereocenters. The molecule has 0 aliphatic heterocycles. The lowest BCUT2D eigenvalue weighted by atomic mass is 10.2. The first kappa shape index (κ1) is 14.4. The van der Waals surface area contributed by atoms with E-state index < -0.39 is 11.6 Å². The van der Waals surface area contributed by atoms with Crippen molar-refractivity contribution in [3.63, 3.8) is 0 Å². The first-order valence-corrected chi connectivity index (χ1v) is 7.85. The number of aromatic nitrogens is 3.